The van der Waals surface area contributed by atoms with Crippen molar-refractivity contribution in [3.8, 4) is 11.5 Å². The van der Waals surface area contributed by atoms with Crippen LogP contribution in [0.1, 0.15) is 42.8 Å². The smallest absolute Gasteiger partial charge is 0.490 e. The van der Waals surface area contributed by atoms with Gasteiger partial charge in [0.2, 0.25) is 0 Å². The van der Waals surface area contributed by atoms with Crippen molar-refractivity contribution in [2.45, 2.75) is 44.8 Å². The number of carbonyl (C=O) groups excluding carboxylic acids is 1. The van der Waals surface area contributed by atoms with Crippen molar-refractivity contribution in [1.29, 1.82) is 0 Å². The summed E-state index contributed by atoms with van der Waals surface area (Å²) < 4.78 is 40.3. The van der Waals surface area contributed by atoms with E-state index in [1.54, 1.807) is 30.3 Å². The van der Waals surface area contributed by atoms with Gasteiger partial charge in [-0.25, -0.2) is 4.79 Å². The minimum absolute atomic E-state index is 0.0293. The average molecular weight is 506 g/mol. The SMILES string of the molecule is O=C(Nc1ccc(OC2CCCCC2)cc1)c1nnc(Nc2cccc(OC(F)F)c2)o1.O=C(O)O. The lowest BCUT2D eigenvalue weighted by Crippen LogP contribution is -2.19. The highest BCUT2D eigenvalue weighted by Gasteiger charge is 2.17. The lowest BCUT2D eigenvalue weighted by atomic mass is 9.98. The van der Waals surface area contributed by atoms with E-state index in [2.05, 4.69) is 25.6 Å². The third-order valence-corrected chi connectivity index (χ3v) is 4.90. The Morgan fingerprint density at radius 1 is 0.972 bits per heavy atom. The Kier molecular flexibility index (Phi) is 9.37. The number of anilines is 3. The molecule has 3 aromatic rings. The minimum Gasteiger partial charge on any atom is -0.490 e. The molecule has 13 heteroatoms. The van der Waals surface area contributed by atoms with Crippen molar-refractivity contribution in [2.24, 2.45) is 0 Å². The second-order valence-electron chi connectivity index (χ2n) is 7.58. The number of carbonyl (C=O) groups is 2. The lowest BCUT2D eigenvalue weighted by Gasteiger charge is -2.23. The molecule has 4 N–H and O–H groups in total. The number of halogens is 2. The topological polar surface area (TPSA) is 156 Å². The van der Waals surface area contributed by atoms with Gasteiger partial charge in [0.05, 0.1) is 6.10 Å². The number of hydrogen-bond acceptors (Lipinski definition) is 8. The molecule has 1 aromatic heterocycles. The predicted octanol–water partition coefficient (Wildman–Crippen LogP) is 5.60. The maximum Gasteiger partial charge on any atom is 0.503 e. The van der Waals surface area contributed by atoms with Gasteiger partial charge in [-0.1, -0.05) is 17.6 Å². The van der Waals surface area contributed by atoms with E-state index in [0.717, 1.165) is 18.6 Å². The van der Waals surface area contributed by atoms with E-state index in [1.807, 2.05) is 0 Å². The third-order valence-electron chi connectivity index (χ3n) is 4.90. The van der Waals surface area contributed by atoms with Gasteiger partial charge in [-0.05, 0) is 62.1 Å². The quantitative estimate of drug-likeness (QED) is 0.303. The van der Waals surface area contributed by atoms with E-state index < -0.39 is 18.7 Å². The van der Waals surface area contributed by atoms with Crippen LogP contribution in [0.2, 0.25) is 0 Å². The van der Waals surface area contributed by atoms with E-state index in [-0.39, 0.29) is 23.8 Å². The van der Waals surface area contributed by atoms with Crippen LogP contribution in [0.15, 0.2) is 52.9 Å². The van der Waals surface area contributed by atoms with Gasteiger partial charge >= 0.3 is 30.6 Å². The first-order chi connectivity index (χ1) is 17.3. The Labute approximate surface area is 204 Å². The molecule has 0 saturated heterocycles. The molecule has 192 valence electrons. The maximum absolute atomic E-state index is 12.4. The molecule has 11 nitrogen and oxygen atoms in total. The van der Waals surface area contributed by atoms with Gasteiger partial charge in [0.15, 0.2) is 0 Å². The fourth-order valence-electron chi connectivity index (χ4n) is 3.42. The predicted molar refractivity (Wildman–Crippen MR) is 123 cm³/mol. The first kappa shape index (κ1) is 26.2. The van der Waals surface area contributed by atoms with Gasteiger partial charge in [-0.3, -0.25) is 4.79 Å². The summed E-state index contributed by atoms with van der Waals surface area (Å²) in [5, 5.41) is 26.8. The molecule has 1 aliphatic carbocycles. The monoisotopic (exact) mass is 506 g/mol. The van der Waals surface area contributed by atoms with Gasteiger partial charge < -0.3 is 34.7 Å². The van der Waals surface area contributed by atoms with E-state index in [4.69, 9.17) is 24.2 Å². The van der Waals surface area contributed by atoms with E-state index in [9.17, 15) is 13.6 Å². The summed E-state index contributed by atoms with van der Waals surface area (Å²) in [4.78, 5) is 20.9. The zero-order valence-electron chi connectivity index (χ0n) is 18.9. The molecular formula is C23H24F2N4O7. The molecule has 0 radical (unpaired) electrons. The number of amides is 1. The van der Waals surface area contributed by atoms with Gasteiger partial charge in [0.25, 0.3) is 0 Å². The summed E-state index contributed by atoms with van der Waals surface area (Å²) in [6, 6.07) is 12.9. The molecule has 0 bridgehead atoms. The van der Waals surface area contributed by atoms with Gasteiger partial charge in [-0.2, -0.15) is 8.78 Å². The Bertz CT molecular complexity index is 1130. The molecule has 4 rings (SSSR count). The average Bonchev–Trinajstić information content (AvgIpc) is 3.29. The van der Waals surface area contributed by atoms with Crippen LogP contribution in [0.5, 0.6) is 11.5 Å². The number of alkyl halides is 2. The highest BCUT2D eigenvalue weighted by molar-refractivity contribution is 6.00. The number of carboxylic acid groups (broad SMARTS) is 2. The second-order valence-corrected chi connectivity index (χ2v) is 7.58. The first-order valence-electron chi connectivity index (χ1n) is 10.9. The van der Waals surface area contributed by atoms with Crippen molar-refractivity contribution >= 4 is 29.5 Å². The molecule has 0 unspecified atom stereocenters. The van der Waals surface area contributed by atoms with E-state index >= 15 is 0 Å². The first-order valence-corrected chi connectivity index (χ1v) is 10.9. The Morgan fingerprint density at radius 2 is 1.67 bits per heavy atom. The number of ether oxygens (including phenoxy) is 2. The number of nitrogens with one attached hydrogen (secondary N) is 2. The van der Waals surface area contributed by atoms with Gasteiger partial charge in [0.1, 0.15) is 11.5 Å². The van der Waals surface area contributed by atoms with Crippen LogP contribution in [-0.2, 0) is 0 Å². The largest absolute Gasteiger partial charge is 0.503 e. The normalized spacial score (nSPS) is 13.3. The summed E-state index contributed by atoms with van der Waals surface area (Å²) in [6.45, 7) is -2.93. The van der Waals surface area contributed by atoms with Crippen LogP contribution in [0.4, 0.5) is 31.0 Å². The van der Waals surface area contributed by atoms with Crippen LogP contribution in [-0.4, -0.2) is 45.2 Å². The van der Waals surface area contributed by atoms with Crippen molar-refractivity contribution < 1.29 is 42.5 Å². The van der Waals surface area contributed by atoms with Gasteiger partial charge in [-0.15, -0.1) is 5.10 Å². The summed E-state index contributed by atoms with van der Waals surface area (Å²) in [5.41, 5.74) is 0.933. The number of hydrogen-bond donors (Lipinski definition) is 4. The van der Waals surface area contributed by atoms with Crippen LogP contribution in [0, 0.1) is 0 Å². The van der Waals surface area contributed by atoms with Crippen LogP contribution >= 0.6 is 0 Å². The Morgan fingerprint density at radius 3 is 2.33 bits per heavy atom. The summed E-state index contributed by atoms with van der Waals surface area (Å²) in [6.07, 6.45) is 4.18. The molecule has 1 fully saturated rings. The molecule has 1 amide bonds. The zero-order valence-corrected chi connectivity index (χ0v) is 18.9. The fourth-order valence-corrected chi connectivity index (χ4v) is 3.42. The number of benzene rings is 2. The third kappa shape index (κ3) is 8.74. The van der Waals surface area contributed by atoms with Crippen LogP contribution in [0.25, 0.3) is 0 Å². The molecule has 1 heterocycles. The molecule has 2 aromatic carbocycles. The lowest BCUT2D eigenvalue weighted by molar-refractivity contribution is -0.0498. The van der Waals surface area contributed by atoms with Gasteiger partial charge in [0, 0.05) is 17.4 Å². The molecule has 0 spiro atoms. The highest BCUT2D eigenvalue weighted by Crippen LogP contribution is 2.25. The molecule has 36 heavy (non-hydrogen) atoms. The van der Waals surface area contributed by atoms with Crippen molar-refractivity contribution in [1.82, 2.24) is 10.2 Å². The van der Waals surface area contributed by atoms with Crippen LogP contribution in [0.3, 0.4) is 0 Å². The molecule has 1 saturated carbocycles. The standard InChI is InChI=1S/C22H22F2N4O4.CH2O3/c23-21(24)31-18-8-4-5-15(13-18)26-22-28-27-20(32-22)19(29)25-14-9-11-17(12-10-14)30-16-6-2-1-3-7-16;2-1(3)4/h4-5,8-13,16,21H,1-3,6-7H2,(H,25,29)(H,26,28);(H2,2,3,4). The second kappa shape index (κ2) is 12.9. The number of aromatic nitrogens is 2. The summed E-state index contributed by atoms with van der Waals surface area (Å²) in [7, 11) is 0. The zero-order chi connectivity index (χ0) is 25.9. The van der Waals surface area contributed by atoms with E-state index in [1.165, 1.54) is 37.5 Å². The Balaban J connectivity index is 0.000000840. The molecular weight excluding hydrogens is 482 g/mol. The van der Waals surface area contributed by atoms with Crippen molar-refractivity contribution in [2.75, 3.05) is 10.6 Å². The summed E-state index contributed by atoms with van der Waals surface area (Å²) in [5.74, 6) is -0.105. The maximum atomic E-state index is 12.4. The number of rotatable bonds is 8. The van der Waals surface area contributed by atoms with Crippen molar-refractivity contribution in [3.63, 3.8) is 0 Å². The van der Waals surface area contributed by atoms with Crippen LogP contribution < -0.4 is 20.1 Å². The Hall–Kier alpha value is -4.42. The number of nitrogens with zero attached hydrogens (tertiary/aromatic N) is 2. The summed E-state index contributed by atoms with van der Waals surface area (Å²) >= 11 is 0. The molecule has 1 aliphatic rings. The fraction of sp³-hybridized carbons (Fsp3) is 0.304. The van der Waals surface area contributed by atoms with E-state index in [0.29, 0.717) is 11.4 Å². The highest BCUT2D eigenvalue weighted by atomic mass is 19.3. The van der Waals surface area contributed by atoms with Crippen molar-refractivity contribution in [3.05, 3.63) is 54.4 Å². The molecule has 0 atom stereocenters. The minimum atomic E-state index is -2.93. The molecule has 0 aliphatic heterocycles.